The first-order chi connectivity index (χ1) is 11.4. The van der Waals surface area contributed by atoms with Crippen LogP contribution in [0.25, 0.3) is 0 Å². The number of hydrogen-bond acceptors (Lipinski definition) is 4. The molecule has 0 saturated carbocycles. The number of hydrogen-bond donors (Lipinski definition) is 3. The maximum atomic E-state index is 12.4. The number of aliphatic imine (C=N–C) groups is 1. The molecule has 0 heterocycles. The average Bonchev–Trinajstić information content (AvgIpc) is 2.54. The molecule has 0 spiro atoms. The highest BCUT2D eigenvalue weighted by molar-refractivity contribution is 7.89. The van der Waals surface area contributed by atoms with Crippen LogP contribution in [0.1, 0.15) is 18.1 Å². The number of guanidine groups is 1. The maximum absolute atomic E-state index is 12.4. The third-order valence-corrected chi connectivity index (χ3v) is 4.85. The van der Waals surface area contributed by atoms with E-state index in [1.165, 1.54) is 0 Å². The fourth-order valence-electron chi connectivity index (χ4n) is 2.04. The van der Waals surface area contributed by atoms with Gasteiger partial charge in [-0.25, -0.2) is 13.1 Å². The second-order valence-electron chi connectivity index (χ2n) is 5.35. The molecule has 0 aliphatic carbocycles. The van der Waals surface area contributed by atoms with Crippen LogP contribution >= 0.6 is 0 Å². The van der Waals surface area contributed by atoms with Crippen LogP contribution in [-0.4, -0.2) is 54.3 Å². The Hall–Kier alpha value is -1.64. The number of sulfonamides is 1. The Morgan fingerprint density at radius 1 is 1.21 bits per heavy atom. The van der Waals surface area contributed by atoms with E-state index in [0.29, 0.717) is 30.6 Å². The molecule has 0 aliphatic rings. The Bertz CT molecular complexity index is 645. The van der Waals surface area contributed by atoms with Gasteiger partial charge in [0.15, 0.2) is 5.96 Å². The van der Waals surface area contributed by atoms with Crippen LogP contribution in [0.2, 0.25) is 0 Å². The predicted molar refractivity (Wildman–Crippen MR) is 97.0 cm³/mol. The van der Waals surface area contributed by atoms with Crippen LogP contribution in [0.5, 0.6) is 0 Å². The van der Waals surface area contributed by atoms with E-state index < -0.39 is 10.0 Å². The molecule has 136 valence electrons. The molecule has 0 bridgehead atoms. The number of nitrogens with zero attached hydrogens (tertiary/aromatic N) is 1. The van der Waals surface area contributed by atoms with Crippen LogP contribution in [0.4, 0.5) is 0 Å². The molecule has 7 nitrogen and oxygen atoms in total. The second kappa shape index (κ2) is 10.3. The quantitative estimate of drug-likeness (QED) is 0.346. The van der Waals surface area contributed by atoms with Crippen molar-refractivity contribution in [3.8, 4) is 0 Å². The third-order valence-electron chi connectivity index (χ3n) is 3.25. The van der Waals surface area contributed by atoms with Gasteiger partial charge in [-0.2, -0.15) is 0 Å². The fourth-order valence-corrected chi connectivity index (χ4v) is 3.38. The molecule has 0 unspecified atom stereocenters. The summed E-state index contributed by atoms with van der Waals surface area (Å²) in [5.41, 5.74) is 1.64. The van der Waals surface area contributed by atoms with Crippen LogP contribution in [-0.2, 0) is 14.8 Å². The molecule has 0 aromatic heterocycles. The van der Waals surface area contributed by atoms with Crippen LogP contribution < -0.4 is 15.4 Å². The Morgan fingerprint density at radius 3 is 2.62 bits per heavy atom. The van der Waals surface area contributed by atoms with Crippen LogP contribution in [0, 0.1) is 13.8 Å². The van der Waals surface area contributed by atoms with Gasteiger partial charge in [0.1, 0.15) is 0 Å². The highest BCUT2D eigenvalue weighted by Crippen LogP contribution is 2.16. The molecule has 24 heavy (non-hydrogen) atoms. The lowest BCUT2D eigenvalue weighted by Crippen LogP contribution is -2.39. The van der Waals surface area contributed by atoms with Crippen LogP contribution in [0.15, 0.2) is 28.1 Å². The monoisotopic (exact) mass is 356 g/mol. The van der Waals surface area contributed by atoms with Crippen molar-refractivity contribution in [2.24, 2.45) is 4.99 Å². The van der Waals surface area contributed by atoms with Gasteiger partial charge >= 0.3 is 0 Å². The number of methoxy groups -OCH3 is 1. The smallest absolute Gasteiger partial charge is 0.240 e. The molecular weight excluding hydrogens is 328 g/mol. The summed E-state index contributed by atoms with van der Waals surface area (Å²) in [4.78, 5) is 4.65. The number of ether oxygens (including phenoxy) is 1. The Morgan fingerprint density at radius 2 is 1.96 bits per heavy atom. The topological polar surface area (TPSA) is 91.8 Å². The first-order valence-corrected chi connectivity index (χ1v) is 9.47. The molecule has 0 atom stereocenters. The number of rotatable bonds is 9. The van der Waals surface area contributed by atoms with Gasteiger partial charge in [0.05, 0.1) is 18.0 Å². The van der Waals surface area contributed by atoms with Crippen molar-refractivity contribution in [2.75, 3.05) is 39.9 Å². The summed E-state index contributed by atoms with van der Waals surface area (Å²) < 4.78 is 32.3. The molecule has 0 amide bonds. The first-order valence-electron chi connectivity index (χ1n) is 7.98. The molecular formula is C16H28N4O3S. The number of aryl methyl sites for hydroxylation is 2. The minimum Gasteiger partial charge on any atom is -0.383 e. The molecule has 1 rings (SSSR count). The van der Waals surface area contributed by atoms with Crippen molar-refractivity contribution >= 4 is 16.0 Å². The zero-order valence-electron chi connectivity index (χ0n) is 14.8. The van der Waals surface area contributed by atoms with E-state index in [0.717, 1.165) is 17.7 Å². The van der Waals surface area contributed by atoms with Gasteiger partial charge in [0, 0.05) is 26.7 Å². The fraction of sp³-hybridized carbons (Fsp3) is 0.562. The van der Waals surface area contributed by atoms with Gasteiger partial charge in [-0.15, -0.1) is 0 Å². The van der Waals surface area contributed by atoms with E-state index in [9.17, 15) is 8.42 Å². The summed E-state index contributed by atoms with van der Waals surface area (Å²) in [7, 11) is -1.89. The lowest BCUT2D eigenvalue weighted by molar-refractivity contribution is 0.203. The zero-order chi connectivity index (χ0) is 18.0. The van der Waals surface area contributed by atoms with E-state index in [1.807, 2.05) is 26.0 Å². The zero-order valence-corrected chi connectivity index (χ0v) is 15.7. The molecule has 0 saturated heterocycles. The van der Waals surface area contributed by atoms with E-state index in [4.69, 9.17) is 4.74 Å². The van der Waals surface area contributed by atoms with Crippen molar-refractivity contribution in [3.05, 3.63) is 29.3 Å². The van der Waals surface area contributed by atoms with Gasteiger partial charge in [-0.05, 0) is 38.0 Å². The van der Waals surface area contributed by atoms with Crippen molar-refractivity contribution in [2.45, 2.75) is 25.7 Å². The summed E-state index contributed by atoms with van der Waals surface area (Å²) in [5.74, 6) is 0.639. The Balaban J connectivity index is 2.60. The molecule has 0 aliphatic heterocycles. The maximum Gasteiger partial charge on any atom is 0.240 e. The summed E-state index contributed by atoms with van der Waals surface area (Å²) in [6.07, 6.45) is 0. The largest absolute Gasteiger partial charge is 0.383 e. The average molecular weight is 356 g/mol. The number of nitrogens with one attached hydrogen (secondary N) is 3. The first kappa shape index (κ1) is 20.4. The lowest BCUT2D eigenvalue weighted by atomic mass is 10.2. The van der Waals surface area contributed by atoms with Crippen molar-refractivity contribution < 1.29 is 13.2 Å². The van der Waals surface area contributed by atoms with Gasteiger partial charge in [-0.3, -0.25) is 4.99 Å². The predicted octanol–water partition coefficient (Wildman–Crippen LogP) is 0.783. The summed E-state index contributed by atoms with van der Waals surface area (Å²) in [5, 5.41) is 6.20. The molecule has 3 N–H and O–H groups in total. The van der Waals surface area contributed by atoms with E-state index in [2.05, 4.69) is 20.3 Å². The summed E-state index contributed by atoms with van der Waals surface area (Å²) in [6.45, 7) is 8.14. The van der Waals surface area contributed by atoms with Crippen LogP contribution in [0.3, 0.4) is 0 Å². The molecule has 8 heteroatoms. The highest BCUT2D eigenvalue weighted by atomic mass is 32.2. The molecule has 0 radical (unpaired) electrons. The SMILES string of the molecule is CCNC(=NCCNS(=O)(=O)c1cc(C)ccc1C)NCCOC. The molecule has 1 aromatic rings. The minimum atomic E-state index is -3.52. The van der Waals surface area contributed by atoms with Gasteiger partial charge < -0.3 is 15.4 Å². The van der Waals surface area contributed by atoms with E-state index in [1.54, 1.807) is 20.1 Å². The Kier molecular flexibility index (Phi) is 8.73. The highest BCUT2D eigenvalue weighted by Gasteiger charge is 2.16. The van der Waals surface area contributed by atoms with Crippen molar-refractivity contribution in [1.82, 2.24) is 15.4 Å². The Labute approximate surface area is 145 Å². The third kappa shape index (κ3) is 6.86. The summed E-state index contributed by atoms with van der Waals surface area (Å²) in [6, 6.07) is 5.38. The molecule has 0 fully saturated rings. The summed E-state index contributed by atoms with van der Waals surface area (Å²) >= 11 is 0. The second-order valence-corrected chi connectivity index (χ2v) is 7.08. The molecule has 1 aromatic carbocycles. The minimum absolute atomic E-state index is 0.233. The van der Waals surface area contributed by atoms with Gasteiger partial charge in [-0.1, -0.05) is 12.1 Å². The normalized spacial score (nSPS) is 12.2. The lowest BCUT2D eigenvalue weighted by Gasteiger charge is -2.12. The van der Waals surface area contributed by atoms with Crippen molar-refractivity contribution in [1.29, 1.82) is 0 Å². The van der Waals surface area contributed by atoms with Gasteiger partial charge in [0.25, 0.3) is 0 Å². The van der Waals surface area contributed by atoms with Gasteiger partial charge in [0.2, 0.25) is 10.0 Å². The standard InChI is InChI=1S/C16H28N4O3S/c1-5-17-16(19-10-11-23-4)18-8-9-20-24(21,22)15-12-13(2)6-7-14(15)3/h6-7,12,20H,5,8-11H2,1-4H3,(H2,17,18,19). The van der Waals surface area contributed by atoms with Crippen molar-refractivity contribution in [3.63, 3.8) is 0 Å². The van der Waals surface area contributed by atoms with E-state index in [-0.39, 0.29) is 6.54 Å². The van der Waals surface area contributed by atoms with E-state index >= 15 is 0 Å². The number of benzene rings is 1.